The second-order valence-electron chi connectivity index (χ2n) is 5.23. The normalized spacial score (nSPS) is 14.4. The first-order valence-electron chi connectivity index (χ1n) is 7.10. The summed E-state index contributed by atoms with van der Waals surface area (Å²) >= 11 is 0. The van der Waals surface area contributed by atoms with E-state index in [-0.39, 0.29) is 5.41 Å². The highest BCUT2D eigenvalue weighted by Crippen LogP contribution is 2.28. The second-order valence-corrected chi connectivity index (χ2v) is 5.23. The van der Waals surface area contributed by atoms with Crippen LogP contribution < -0.4 is 0 Å². The topological polar surface area (TPSA) is 9.23 Å². The summed E-state index contributed by atoms with van der Waals surface area (Å²) in [5, 5.41) is 0. The summed E-state index contributed by atoms with van der Waals surface area (Å²) in [7, 11) is 0. The van der Waals surface area contributed by atoms with Crippen LogP contribution >= 0.6 is 0 Å². The van der Waals surface area contributed by atoms with Crippen LogP contribution in [0.15, 0.2) is 55.1 Å². The van der Waals surface area contributed by atoms with Crippen molar-refractivity contribution < 1.29 is 4.74 Å². The van der Waals surface area contributed by atoms with E-state index in [9.17, 15) is 0 Å². The molecule has 0 N–H and O–H groups in total. The van der Waals surface area contributed by atoms with Gasteiger partial charge in [-0.2, -0.15) is 0 Å². The number of hydrogen-bond acceptors (Lipinski definition) is 1. The van der Waals surface area contributed by atoms with Crippen molar-refractivity contribution in [1.29, 1.82) is 0 Å². The quantitative estimate of drug-likeness (QED) is 0.440. The molecule has 0 unspecified atom stereocenters. The van der Waals surface area contributed by atoms with E-state index in [4.69, 9.17) is 4.74 Å². The van der Waals surface area contributed by atoms with Crippen molar-refractivity contribution in [2.75, 3.05) is 6.61 Å². The molecule has 1 aromatic carbocycles. The SMILES string of the molecule is C=C[C@](C)(C/C=C/CC)CCOCc1ccccc1. The van der Waals surface area contributed by atoms with Gasteiger partial charge in [0.25, 0.3) is 0 Å². The first-order chi connectivity index (χ1) is 9.20. The van der Waals surface area contributed by atoms with Crippen LogP contribution in [0, 0.1) is 5.41 Å². The van der Waals surface area contributed by atoms with E-state index in [0.29, 0.717) is 6.61 Å². The molecular formula is C18H26O. The number of rotatable bonds is 9. The maximum atomic E-state index is 5.75. The third kappa shape index (κ3) is 6.40. The number of ether oxygens (including phenoxy) is 1. The van der Waals surface area contributed by atoms with Gasteiger partial charge in [-0.05, 0) is 30.2 Å². The van der Waals surface area contributed by atoms with E-state index < -0.39 is 0 Å². The van der Waals surface area contributed by atoms with Gasteiger partial charge >= 0.3 is 0 Å². The Morgan fingerprint density at radius 3 is 2.58 bits per heavy atom. The molecule has 1 rings (SSSR count). The highest BCUT2D eigenvalue weighted by Gasteiger charge is 2.17. The second kappa shape index (κ2) is 8.71. The average Bonchev–Trinajstić information content (AvgIpc) is 2.45. The summed E-state index contributed by atoms with van der Waals surface area (Å²) in [5.74, 6) is 0. The minimum atomic E-state index is 0.141. The van der Waals surface area contributed by atoms with Gasteiger partial charge in [0.05, 0.1) is 6.61 Å². The van der Waals surface area contributed by atoms with E-state index in [1.54, 1.807) is 0 Å². The van der Waals surface area contributed by atoms with Crippen molar-refractivity contribution in [3.63, 3.8) is 0 Å². The molecule has 0 amide bonds. The monoisotopic (exact) mass is 258 g/mol. The molecule has 104 valence electrons. The molecule has 1 aromatic rings. The maximum absolute atomic E-state index is 5.75. The molecule has 0 heterocycles. The molecule has 0 bridgehead atoms. The molecule has 0 saturated carbocycles. The Morgan fingerprint density at radius 2 is 1.95 bits per heavy atom. The lowest BCUT2D eigenvalue weighted by Crippen LogP contribution is -2.15. The first kappa shape index (κ1) is 15.7. The lowest BCUT2D eigenvalue weighted by molar-refractivity contribution is 0.0986. The van der Waals surface area contributed by atoms with Gasteiger partial charge in [-0.15, -0.1) is 6.58 Å². The Kier molecular flexibility index (Phi) is 7.20. The largest absolute Gasteiger partial charge is 0.377 e. The standard InChI is InChI=1S/C18H26O/c1-4-6-10-13-18(3,5-2)14-15-19-16-17-11-8-7-9-12-17/h5-12H,2,4,13-16H2,1,3H3/b10-6+/t18-/m1/s1. The molecule has 0 saturated heterocycles. The third-order valence-corrected chi connectivity index (χ3v) is 3.41. The summed E-state index contributed by atoms with van der Waals surface area (Å²) in [6.45, 7) is 9.83. The van der Waals surface area contributed by atoms with Crippen molar-refractivity contribution in [2.24, 2.45) is 5.41 Å². The van der Waals surface area contributed by atoms with Gasteiger partial charge in [-0.3, -0.25) is 0 Å². The van der Waals surface area contributed by atoms with Gasteiger partial charge in [-0.1, -0.05) is 62.4 Å². The number of allylic oxidation sites excluding steroid dienone is 3. The lowest BCUT2D eigenvalue weighted by atomic mass is 9.83. The van der Waals surface area contributed by atoms with Crippen LogP contribution in [0.25, 0.3) is 0 Å². The Balaban J connectivity index is 2.29. The highest BCUT2D eigenvalue weighted by molar-refractivity contribution is 5.13. The van der Waals surface area contributed by atoms with Crippen molar-refractivity contribution in [3.8, 4) is 0 Å². The van der Waals surface area contributed by atoms with Gasteiger partial charge < -0.3 is 4.74 Å². The Bertz CT molecular complexity index is 380. The van der Waals surface area contributed by atoms with E-state index in [1.807, 2.05) is 18.2 Å². The lowest BCUT2D eigenvalue weighted by Gasteiger charge is -2.24. The molecule has 1 atom stereocenters. The van der Waals surface area contributed by atoms with Crippen LogP contribution in [0.3, 0.4) is 0 Å². The van der Waals surface area contributed by atoms with Gasteiger partial charge in [-0.25, -0.2) is 0 Å². The zero-order chi connectivity index (χ0) is 14.0. The predicted molar refractivity (Wildman–Crippen MR) is 83.1 cm³/mol. The molecule has 0 fully saturated rings. The number of hydrogen-bond donors (Lipinski definition) is 0. The molecule has 0 aliphatic heterocycles. The van der Waals surface area contributed by atoms with Crippen LogP contribution in [-0.4, -0.2) is 6.61 Å². The Morgan fingerprint density at radius 1 is 1.21 bits per heavy atom. The summed E-state index contributed by atoms with van der Waals surface area (Å²) in [4.78, 5) is 0. The van der Waals surface area contributed by atoms with Crippen LogP contribution in [0.2, 0.25) is 0 Å². The first-order valence-corrected chi connectivity index (χ1v) is 7.10. The fourth-order valence-electron chi connectivity index (χ4n) is 1.88. The zero-order valence-electron chi connectivity index (χ0n) is 12.3. The van der Waals surface area contributed by atoms with Gasteiger partial charge in [0.1, 0.15) is 0 Å². The molecule has 1 heteroatoms. The zero-order valence-corrected chi connectivity index (χ0v) is 12.3. The fraction of sp³-hybridized carbons (Fsp3) is 0.444. The van der Waals surface area contributed by atoms with Crippen molar-refractivity contribution >= 4 is 0 Å². The molecule has 0 spiro atoms. The minimum Gasteiger partial charge on any atom is -0.377 e. The molecular weight excluding hydrogens is 232 g/mol. The molecule has 0 aromatic heterocycles. The smallest absolute Gasteiger partial charge is 0.0716 e. The van der Waals surface area contributed by atoms with Gasteiger partial charge in [0.2, 0.25) is 0 Å². The molecule has 0 radical (unpaired) electrons. The number of benzene rings is 1. The van der Waals surface area contributed by atoms with Gasteiger partial charge in [0, 0.05) is 6.61 Å². The molecule has 19 heavy (non-hydrogen) atoms. The van der Waals surface area contributed by atoms with Crippen LogP contribution in [0.5, 0.6) is 0 Å². The highest BCUT2D eigenvalue weighted by atomic mass is 16.5. The van der Waals surface area contributed by atoms with Crippen LogP contribution in [0.4, 0.5) is 0 Å². The molecule has 1 nitrogen and oxygen atoms in total. The predicted octanol–water partition coefficient (Wildman–Crippen LogP) is 5.14. The van der Waals surface area contributed by atoms with E-state index in [0.717, 1.165) is 25.9 Å². The Labute approximate surface area is 118 Å². The minimum absolute atomic E-state index is 0.141. The fourth-order valence-corrected chi connectivity index (χ4v) is 1.88. The third-order valence-electron chi connectivity index (χ3n) is 3.41. The average molecular weight is 258 g/mol. The van der Waals surface area contributed by atoms with E-state index >= 15 is 0 Å². The van der Waals surface area contributed by atoms with Gasteiger partial charge in [0.15, 0.2) is 0 Å². The van der Waals surface area contributed by atoms with Crippen molar-refractivity contribution in [1.82, 2.24) is 0 Å². The summed E-state index contributed by atoms with van der Waals surface area (Å²) < 4.78 is 5.75. The summed E-state index contributed by atoms with van der Waals surface area (Å²) in [5.41, 5.74) is 1.37. The van der Waals surface area contributed by atoms with Crippen LogP contribution in [0.1, 0.15) is 38.7 Å². The van der Waals surface area contributed by atoms with Crippen molar-refractivity contribution in [2.45, 2.75) is 39.7 Å². The summed E-state index contributed by atoms with van der Waals surface area (Å²) in [6, 6.07) is 10.3. The molecule has 0 aliphatic carbocycles. The summed E-state index contributed by atoms with van der Waals surface area (Å²) in [6.07, 6.45) is 9.67. The maximum Gasteiger partial charge on any atom is 0.0716 e. The van der Waals surface area contributed by atoms with Crippen molar-refractivity contribution in [3.05, 3.63) is 60.7 Å². The molecule has 0 aliphatic rings. The van der Waals surface area contributed by atoms with E-state index in [2.05, 4.69) is 50.8 Å². The van der Waals surface area contributed by atoms with E-state index in [1.165, 1.54) is 5.56 Å². The van der Waals surface area contributed by atoms with Crippen LogP contribution in [-0.2, 0) is 11.3 Å². The Hall–Kier alpha value is -1.34.